The van der Waals surface area contributed by atoms with E-state index in [4.69, 9.17) is 27.1 Å². The van der Waals surface area contributed by atoms with Gasteiger partial charge in [-0.15, -0.1) is 0 Å². The summed E-state index contributed by atoms with van der Waals surface area (Å²) >= 11 is 6.20. The summed E-state index contributed by atoms with van der Waals surface area (Å²) < 4.78 is 7.40. The molecule has 4 nitrogen and oxygen atoms in total. The summed E-state index contributed by atoms with van der Waals surface area (Å²) in [6.45, 7) is 9.05. The minimum atomic E-state index is 0.621. The maximum Gasteiger partial charge on any atom is 0.141 e. The van der Waals surface area contributed by atoms with E-state index in [0.717, 1.165) is 56.4 Å². The predicted molar refractivity (Wildman–Crippen MR) is 167 cm³/mol. The molecule has 1 heterocycles. The molecule has 0 atom stereocenters. The Morgan fingerprint density at radius 3 is 2.49 bits per heavy atom. The first-order valence-electron chi connectivity index (χ1n) is 12.9. The molecule has 198 valence electrons. The van der Waals surface area contributed by atoms with Crippen molar-refractivity contribution >= 4 is 29.4 Å². The van der Waals surface area contributed by atoms with Gasteiger partial charge in [-0.2, -0.15) is 0 Å². The summed E-state index contributed by atoms with van der Waals surface area (Å²) in [6.07, 6.45) is 15.4. The molecule has 0 spiro atoms. The average Bonchev–Trinajstić information content (AvgIpc) is 3.32. The molecule has 0 bridgehead atoms. The van der Waals surface area contributed by atoms with Crippen LogP contribution in [-0.2, 0) is 6.54 Å². The van der Waals surface area contributed by atoms with E-state index < -0.39 is 0 Å². The standard InChI is InChI=1S/C34H34ClN3O/c1-5-6-7-8-9-24(2)22-38-23-32(30-17-16-29(35)20-25(30)3)37-34(38)19-12-26-10-13-27(14-11-26)28-15-18-33(39-4)31(36)21-28/h6-21,23H,2,5,22,36H2,1,3-4H3/b7-6-,9-8-,19-12+. The number of aryl methyl sites for hydroxylation is 1. The minimum absolute atomic E-state index is 0.621. The van der Waals surface area contributed by atoms with Gasteiger partial charge in [0.25, 0.3) is 0 Å². The van der Waals surface area contributed by atoms with Crippen molar-refractivity contribution in [2.24, 2.45) is 0 Å². The van der Waals surface area contributed by atoms with Gasteiger partial charge in [0, 0.05) is 23.3 Å². The first-order chi connectivity index (χ1) is 18.9. The fourth-order valence-electron chi connectivity index (χ4n) is 4.28. The van der Waals surface area contributed by atoms with Crippen LogP contribution < -0.4 is 10.5 Å². The number of benzene rings is 3. The third-order valence-electron chi connectivity index (χ3n) is 6.36. The molecule has 0 aliphatic heterocycles. The van der Waals surface area contributed by atoms with E-state index in [-0.39, 0.29) is 0 Å². The molecule has 39 heavy (non-hydrogen) atoms. The van der Waals surface area contributed by atoms with Crippen LogP contribution in [0.4, 0.5) is 5.69 Å². The lowest BCUT2D eigenvalue weighted by Crippen LogP contribution is -2.00. The molecule has 0 saturated carbocycles. The molecule has 0 unspecified atom stereocenters. The Morgan fingerprint density at radius 2 is 1.79 bits per heavy atom. The number of imidazole rings is 1. The number of nitrogens with two attached hydrogens (primary N) is 1. The lowest BCUT2D eigenvalue weighted by Gasteiger charge is -2.08. The lowest BCUT2D eigenvalue weighted by molar-refractivity contribution is 0.417. The van der Waals surface area contributed by atoms with Gasteiger partial charge in [0.05, 0.1) is 18.5 Å². The Labute approximate surface area is 236 Å². The highest BCUT2D eigenvalue weighted by molar-refractivity contribution is 6.30. The van der Waals surface area contributed by atoms with Gasteiger partial charge in [-0.1, -0.05) is 91.9 Å². The Balaban J connectivity index is 1.60. The number of halogens is 1. The van der Waals surface area contributed by atoms with Crippen molar-refractivity contribution in [3.05, 3.63) is 125 Å². The second kappa shape index (κ2) is 13.0. The summed E-state index contributed by atoms with van der Waals surface area (Å²) in [5.41, 5.74) is 14.0. The third-order valence-corrected chi connectivity index (χ3v) is 6.59. The first kappa shape index (κ1) is 27.7. The molecule has 4 aromatic rings. The van der Waals surface area contributed by atoms with Gasteiger partial charge in [0.1, 0.15) is 11.6 Å². The van der Waals surface area contributed by atoms with E-state index in [2.05, 4.69) is 67.6 Å². The molecule has 5 heteroatoms. The monoisotopic (exact) mass is 535 g/mol. The summed E-state index contributed by atoms with van der Waals surface area (Å²) in [6, 6.07) is 20.1. The molecule has 0 fully saturated rings. The molecule has 1 aromatic heterocycles. The lowest BCUT2D eigenvalue weighted by atomic mass is 10.0. The fourth-order valence-corrected chi connectivity index (χ4v) is 4.51. The number of ether oxygens (including phenoxy) is 1. The fraction of sp³-hybridized carbons (Fsp3) is 0.147. The molecule has 0 amide bonds. The maximum atomic E-state index is 6.20. The first-order valence-corrected chi connectivity index (χ1v) is 13.3. The van der Waals surface area contributed by atoms with Crippen LogP contribution in [0.5, 0.6) is 5.75 Å². The topological polar surface area (TPSA) is 53.1 Å². The Hall–Kier alpha value is -4.28. The van der Waals surface area contributed by atoms with Crippen LogP contribution in [-0.4, -0.2) is 16.7 Å². The molecular weight excluding hydrogens is 502 g/mol. The van der Waals surface area contributed by atoms with Crippen LogP contribution in [0.15, 0.2) is 103 Å². The smallest absolute Gasteiger partial charge is 0.141 e. The van der Waals surface area contributed by atoms with Crippen molar-refractivity contribution in [2.75, 3.05) is 12.8 Å². The molecule has 0 aliphatic rings. The van der Waals surface area contributed by atoms with Crippen molar-refractivity contribution in [1.82, 2.24) is 9.55 Å². The molecule has 0 saturated heterocycles. The van der Waals surface area contributed by atoms with E-state index >= 15 is 0 Å². The number of rotatable bonds is 10. The van der Waals surface area contributed by atoms with Crippen LogP contribution in [0.1, 0.15) is 30.3 Å². The van der Waals surface area contributed by atoms with E-state index in [0.29, 0.717) is 18.0 Å². The summed E-state index contributed by atoms with van der Waals surface area (Å²) in [7, 11) is 1.62. The molecule has 0 radical (unpaired) electrons. The van der Waals surface area contributed by atoms with E-state index in [1.165, 1.54) is 0 Å². The second-order valence-corrected chi connectivity index (χ2v) is 9.77. The highest BCUT2D eigenvalue weighted by atomic mass is 35.5. The number of allylic oxidation sites excluding steroid dienone is 5. The van der Waals surface area contributed by atoms with E-state index in [1.807, 2.05) is 60.7 Å². The average molecular weight is 536 g/mol. The molecular formula is C34H34ClN3O. The van der Waals surface area contributed by atoms with Crippen LogP contribution >= 0.6 is 11.6 Å². The SMILES string of the molecule is C=C(/C=C\C=C/CC)Cn1cc(-c2ccc(Cl)cc2C)nc1/C=C/c1ccc(-c2ccc(OC)c(N)c2)cc1. The zero-order chi connectivity index (χ0) is 27.8. The Bertz CT molecular complexity index is 1540. The van der Waals surface area contributed by atoms with Crippen LogP contribution in [0, 0.1) is 6.92 Å². The summed E-state index contributed by atoms with van der Waals surface area (Å²) in [5.74, 6) is 1.53. The van der Waals surface area contributed by atoms with Gasteiger partial charge < -0.3 is 15.0 Å². The second-order valence-electron chi connectivity index (χ2n) is 9.34. The zero-order valence-electron chi connectivity index (χ0n) is 22.7. The number of nitrogens with zero attached hydrogens (tertiary/aromatic N) is 2. The number of hydrogen-bond donors (Lipinski definition) is 1. The summed E-state index contributed by atoms with van der Waals surface area (Å²) in [5, 5.41) is 0.718. The van der Waals surface area contributed by atoms with Crippen LogP contribution in [0.2, 0.25) is 5.02 Å². The van der Waals surface area contributed by atoms with Crippen molar-refractivity contribution in [3.63, 3.8) is 0 Å². The highest BCUT2D eigenvalue weighted by Crippen LogP contribution is 2.29. The number of hydrogen-bond acceptors (Lipinski definition) is 3. The highest BCUT2D eigenvalue weighted by Gasteiger charge is 2.11. The third kappa shape index (κ3) is 7.18. The Morgan fingerprint density at radius 1 is 1.03 bits per heavy atom. The quantitative estimate of drug-likeness (QED) is 0.163. The van der Waals surface area contributed by atoms with Gasteiger partial charge >= 0.3 is 0 Å². The predicted octanol–water partition coefficient (Wildman–Crippen LogP) is 9.02. The van der Waals surface area contributed by atoms with E-state index in [9.17, 15) is 0 Å². The molecule has 3 aromatic carbocycles. The normalized spacial score (nSPS) is 11.7. The molecule has 0 aliphatic carbocycles. The molecule has 4 rings (SSSR count). The van der Waals surface area contributed by atoms with Crippen molar-refractivity contribution in [2.45, 2.75) is 26.8 Å². The number of methoxy groups -OCH3 is 1. The van der Waals surface area contributed by atoms with Crippen molar-refractivity contribution < 1.29 is 4.74 Å². The van der Waals surface area contributed by atoms with Gasteiger partial charge in [-0.05, 0) is 71.5 Å². The number of anilines is 1. The van der Waals surface area contributed by atoms with Gasteiger partial charge in [-0.25, -0.2) is 4.98 Å². The molecule has 2 N–H and O–H groups in total. The van der Waals surface area contributed by atoms with Gasteiger partial charge in [-0.3, -0.25) is 0 Å². The van der Waals surface area contributed by atoms with Gasteiger partial charge in [0.15, 0.2) is 0 Å². The van der Waals surface area contributed by atoms with Crippen molar-refractivity contribution in [1.29, 1.82) is 0 Å². The zero-order valence-corrected chi connectivity index (χ0v) is 23.5. The Kier molecular flexibility index (Phi) is 9.24. The van der Waals surface area contributed by atoms with Crippen molar-refractivity contribution in [3.8, 4) is 28.1 Å². The van der Waals surface area contributed by atoms with Crippen LogP contribution in [0.25, 0.3) is 34.5 Å². The van der Waals surface area contributed by atoms with Crippen LogP contribution in [0.3, 0.4) is 0 Å². The number of nitrogen functional groups attached to an aromatic ring is 1. The maximum absolute atomic E-state index is 6.20. The largest absolute Gasteiger partial charge is 0.495 e. The number of aromatic nitrogens is 2. The minimum Gasteiger partial charge on any atom is -0.495 e. The van der Waals surface area contributed by atoms with E-state index in [1.54, 1.807) is 7.11 Å². The summed E-state index contributed by atoms with van der Waals surface area (Å²) in [4.78, 5) is 4.97. The van der Waals surface area contributed by atoms with Gasteiger partial charge in [0.2, 0.25) is 0 Å².